The van der Waals surface area contributed by atoms with Gasteiger partial charge in [-0.3, -0.25) is 0 Å². The normalized spacial score (nSPS) is 31.6. The van der Waals surface area contributed by atoms with Gasteiger partial charge >= 0.3 is 0 Å². The van der Waals surface area contributed by atoms with Crippen LogP contribution >= 0.6 is 0 Å². The van der Waals surface area contributed by atoms with Gasteiger partial charge in [0.15, 0.2) is 0 Å². The molecule has 0 aromatic heterocycles. The zero-order valence-corrected chi connectivity index (χ0v) is 10.2. The smallest absolute Gasteiger partial charge is 0.0283 e. The molecule has 2 rings (SSSR count). The molecule has 0 spiro atoms. The lowest BCUT2D eigenvalue weighted by Gasteiger charge is -2.44. The number of piperidine rings is 1. The fourth-order valence-electron chi connectivity index (χ4n) is 2.91. The average Bonchev–Trinajstić information content (AvgIpc) is 2.15. The summed E-state index contributed by atoms with van der Waals surface area (Å²) in [6, 6.07) is 0.727. The molecule has 1 atom stereocenters. The fraction of sp³-hybridized carbons (Fsp3) is 1.00. The van der Waals surface area contributed by atoms with E-state index in [1.54, 1.807) is 0 Å². The second-order valence-corrected chi connectivity index (χ2v) is 5.69. The van der Waals surface area contributed by atoms with Gasteiger partial charge < -0.3 is 15.5 Å². The molecule has 1 aliphatic heterocycles. The van der Waals surface area contributed by atoms with Gasteiger partial charge in [-0.2, -0.15) is 0 Å². The van der Waals surface area contributed by atoms with Gasteiger partial charge in [0.2, 0.25) is 0 Å². The maximum absolute atomic E-state index is 6.29. The maximum atomic E-state index is 6.29. The van der Waals surface area contributed by atoms with Crippen molar-refractivity contribution in [1.82, 2.24) is 9.80 Å². The Balaban J connectivity index is 1.81. The minimum atomic E-state index is 0.144. The van der Waals surface area contributed by atoms with E-state index in [1.165, 1.54) is 45.2 Å². The first-order valence-corrected chi connectivity index (χ1v) is 6.27. The third-order valence-corrected chi connectivity index (χ3v) is 4.14. The van der Waals surface area contributed by atoms with Crippen molar-refractivity contribution in [3.8, 4) is 0 Å². The Bertz CT molecular complexity index is 213. The summed E-state index contributed by atoms with van der Waals surface area (Å²) in [5, 5.41) is 0. The van der Waals surface area contributed by atoms with Crippen LogP contribution < -0.4 is 5.73 Å². The van der Waals surface area contributed by atoms with Gasteiger partial charge in [0.25, 0.3) is 0 Å². The number of likely N-dealkylation sites (N-methyl/N-ethyl adjacent to an activating group) is 2. The van der Waals surface area contributed by atoms with Gasteiger partial charge in [0.05, 0.1) is 0 Å². The molecule has 2 aliphatic rings. The van der Waals surface area contributed by atoms with Crippen LogP contribution in [0.4, 0.5) is 0 Å². The lowest BCUT2D eigenvalue weighted by atomic mass is 9.77. The maximum Gasteiger partial charge on any atom is 0.0283 e. The van der Waals surface area contributed by atoms with E-state index >= 15 is 0 Å². The van der Waals surface area contributed by atoms with Crippen molar-refractivity contribution < 1.29 is 0 Å². The number of nitrogens with zero attached hydrogens (tertiary/aromatic N) is 2. The van der Waals surface area contributed by atoms with Crippen molar-refractivity contribution in [2.24, 2.45) is 5.73 Å². The van der Waals surface area contributed by atoms with Crippen molar-refractivity contribution in [1.29, 1.82) is 0 Å². The number of likely N-dealkylation sites (tertiary alicyclic amines) is 1. The predicted molar refractivity (Wildman–Crippen MR) is 63.9 cm³/mol. The highest BCUT2D eigenvalue weighted by atomic mass is 15.2. The summed E-state index contributed by atoms with van der Waals surface area (Å²) < 4.78 is 0. The van der Waals surface area contributed by atoms with Crippen LogP contribution in [-0.2, 0) is 0 Å². The van der Waals surface area contributed by atoms with Crippen molar-refractivity contribution in [3.05, 3.63) is 0 Å². The Morgan fingerprint density at radius 3 is 2.67 bits per heavy atom. The second-order valence-electron chi connectivity index (χ2n) is 5.69. The van der Waals surface area contributed by atoms with Crippen molar-refractivity contribution in [3.63, 3.8) is 0 Å². The molecular formula is C12H25N3. The van der Waals surface area contributed by atoms with E-state index in [2.05, 4.69) is 23.9 Å². The van der Waals surface area contributed by atoms with Crippen LogP contribution in [0.25, 0.3) is 0 Å². The molecule has 0 amide bonds. The molecule has 1 unspecified atom stereocenters. The third-order valence-electron chi connectivity index (χ3n) is 4.14. The van der Waals surface area contributed by atoms with Crippen molar-refractivity contribution >= 4 is 0 Å². The van der Waals surface area contributed by atoms with Crippen LogP contribution in [0.5, 0.6) is 0 Å². The molecule has 88 valence electrons. The van der Waals surface area contributed by atoms with Crippen LogP contribution in [0.15, 0.2) is 0 Å². The predicted octanol–water partition coefficient (Wildman–Crippen LogP) is 0.894. The lowest BCUT2D eigenvalue weighted by Crippen LogP contribution is -2.57. The first kappa shape index (κ1) is 11.4. The molecule has 0 radical (unpaired) electrons. The van der Waals surface area contributed by atoms with E-state index in [4.69, 9.17) is 5.73 Å². The first-order chi connectivity index (χ1) is 7.09. The van der Waals surface area contributed by atoms with E-state index in [9.17, 15) is 0 Å². The molecule has 2 N–H and O–H groups in total. The number of rotatable bonds is 3. The topological polar surface area (TPSA) is 32.5 Å². The molecule has 1 saturated carbocycles. The minimum Gasteiger partial charge on any atom is -0.324 e. The third kappa shape index (κ3) is 2.71. The second kappa shape index (κ2) is 4.40. The molecule has 0 bridgehead atoms. The van der Waals surface area contributed by atoms with Crippen molar-refractivity contribution in [2.75, 3.05) is 33.7 Å². The van der Waals surface area contributed by atoms with Gasteiger partial charge in [-0.05, 0) is 52.7 Å². The van der Waals surface area contributed by atoms with Crippen LogP contribution in [0.2, 0.25) is 0 Å². The van der Waals surface area contributed by atoms with Gasteiger partial charge in [0.1, 0.15) is 0 Å². The van der Waals surface area contributed by atoms with Crippen molar-refractivity contribution in [2.45, 2.75) is 43.7 Å². The standard InChI is InChI=1S/C12H25N3/c1-14-8-3-5-11(9-14)15(2)10-12(13)6-4-7-12/h11H,3-10,13H2,1-2H3. The molecular weight excluding hydrogens is 186 g/mol. The zero-order valence-electron chi connectivity index (χ0n) is 10.2. The molecule has 3 nitrogen and oxygen atoms in total. The SMILES string of the molecule is CN1CCCC(N(C)CC2(N)CCC2)C1. The summed E-state index contributed by atoms with van der Waals surface area (Å²) in [4.78, 5) is 4.93. The number of hydrogen-bond acceptors (Lipinski definition) is 3. The molecule has 1 heterocycles. The Kier molecular flexibility index (Phi) is 3.33. The van der Waals surface area contributed by atoms with E-state index in [-0.39, 0.29) is 5.54 Å². The highest BCUT2D eigenvalue weighted by Gasteiger charge is 2.35. The Hall–Kier alpha value is -0.120. The summed E-state index contributed by atoms with van der Waals surface area (Å²) in [6.07, 6.45) is 6.45. The fourth-order valence-corrected chi connectivity index (χ4v) is 2.91. The molecule has 3 heteroatoms. The average molecular weight is 211 g/mol. The Morgan fingerprint density at radius 1 is 1.40 bits per heavy atom. The molecule has 2 fully saturated rings. The first-order valence-electron chi connectivity index (χ1n) is 6.27. The van der Waals surface area contributed by atoms with E-state index < -0.39 is 0 Å². The summed E-state index contributed by atoms with van der Waals surface area (Å²) in [6.45, 7) is 3.57. The van der Waals surface area contributed by atoms with Crippen LogP contribution in [0, 0.1) is 0 Å². The lowest BCUT2D eigenvalue weighted by molar-refractivity contribution is 0.0882. The van der Waals surface area contributed by atoms with E-state index in [0.717, 1.165) is 12.6 Å². The highest BCUT2D eigenvalue weighted by molar-refractivity contribution is 4.96. The molecule has 0 aromatic rings. The summed E-state index contributed by atoms with van der Waals surface area (Å²) in [7, 11) is 4.47. The van der Waals surface area contributed by atoms with Gasteiger partial charge in [0, 0.05) is 24.7 Å². The molecule has 1 aliphatic carbocycles. The number of hydrogen-bond donors (Lipinski definition) is 1. The molecule has 0 aromatic carbocycles. The highest BCUT2D eigenvalue weighted by Crippen LogP contribution is 2.30. The summed E-state index contributed by atoms with van der Waals surface area (Å²) >= 11 is 0. The van der Waals surface area contributed by atoms with Gasteiger partial charge in [-0.15, -0.1) is 0 Å². The largest absolute Gasteiger partial charge is 0.324 e. The number of nitrogens with two attached hydrogens (primary N) is 1. The quantitative estimate of drug-likeness (QED) is 0.752. The Labute approximate surface area is 93.6 Å². The molecule has 1 saturated heterocycles. The van der Waals surface area contributed by atoms with E-state index in [1.807, 2.05) is 0 Å². The van der Waals surface area contributed by atoms with Gasteiger partial charge in [-0.1, -0.05) is 0 Å². The van der Waals surface area contributed by atoms with E-state index in [0.29, 0.717) is 0 Å². The summed E-state index contributed by atoms with van der Waals surface area (Å²) in [5.74, 6) is 0. The monoisotopic (exact) mass is 211 g/mol. The van der Waals surface area contributed by atoms with Crippen LogP contribution in [0.1, 0.15) is 32.1 Å². The molecule has 15 heavy (non-hydrogen) atoms. The van der Waals surface area contributed by atoms with Crippen LogP contribution in [-0.4, -0.2) is 55.1 Å². The zero-order chi connectivity index (χ0) is 10.9. The van der Waals surface area contributed by atoms with Crippen LogP contribution in [0.3, 0.4) is 0 Å². The Morgan fingerprint density at radius 2 is 2.13 bits per heavy atom. The minimum absolute atomic E-state index is 0.144. The van der Waals surface area contributed by atoms with Gasteiger partial charge in [-0.25, -0.2) is 0 Å². The summed E-state index contributed by atoms with van der Waals surface area (Å²) in [5.41, 5.74) is 6.43.